The number of aryl methyl sites for hydroxylation is 2. The van der Waals surface area contributed by atoms with Crippen LogP contribution >= 0.6 is 27.3 Å². The second-order valence-electron chi connectivity index (χ2n) is 4.33. The molecule has 0 saturated heterocycles. The maximum atomic E-state index is 5.81. The van der Waals surface area contributed by atoms with E-state index in [0.717, 1.165) is 27.4 Å². The lowest BCUT2D eigenvalue weighted by Crippen LogP contribution is -2.21. The Hall–Kier alpha value is -0.850. The average molecular weight is 329 g/mol. The van der Waals surface area contributed by atoms with E-state index in [1.165, 1.54) is 5.56 Å². The van der Waals surface area contributed by atoms with E-state index in [0.29, 0.717) is 6.54 Å². The Morgan fingerprint density at radius 1 is 1.56 bits per heavy atom. The van der Waals surface area contributed by atoms with E-state index in [1.807, 2.05) is 18.7 Å². The molecule has 0 aliphatic rings. The molecule has 0 aliphatic carbocycles. The van der Waals surface area contributed by atoms with E-state index in [4.69, 9.17) is 5.73 Å². The fourth-order valence-corrected chi connectivity index (χ4v) is 3.38. The molecule has 2 rings (SSSR count). The van der Waals surface area contributed by atoms with Crippen LogP contribution < -0.4 is 10.6 Å². The number of hydrogen-bond acceptors (Lipinski definition) is 4. The predicted molar refractivity (Wildman–Crippen MR) is 80.0 cm³/mol. The summed E-state index contributed by atoms with van der Waals surface area (Å²) in [6.07, 6.45) is 0. The van der Waals surface area contributed by atoms with Crippen LogP contribution in [-0.2, 0) is 20.1 Å². The lowest BCUT2D eigenvalue weighted by molar-refractivity contribution is 0.726. The van der Waals surface area contributed by atoms with Crippen molar-refractivity contribution >= 4 is 33.1 Å². The van der Waals surface area contributed by atoms with Crippen LogP contribution in [0.15, 0.2) is 15.2 Å². The fourth-order valence-electron chi connectivity index (χ4n) is 2.18. The molecular weight excluding hydrogens is 312 g/mol. The minimum Gasteiger partial charge on any atom is -0.355 e. The molecule has 98 valence electrons. The molecule has 2 N–H and O–H groups in total. The minimum atomic E-state index is 0.521. The molecule has 0 aromatic carbocycles. The van der Waals surface area contributed by atoms with Crippen LogP contribution in [0, 0.1) is 6.92 Å². The van der Waals surface area contributed by atoms with Crippen LogP contribution in [0.25, 0.3) is 0 Å². The smallest absolute Gasteiger partial charge is 0.131 e. The molecule has 0 aliphatic heterocycles. The molecule has 0 fully saturated rings. The van der Waals surface area contributed by atoms with Gasteiger partial charge in [-0.05, 0) is 39.9 Å². The van der Waals surface area contributed by atoms with Crippen molar-refractivity contribution in [3.8, 4) is 0 Å². The van der Waals surface area contributed by atoms with Gasteiger partial charge >= 0.3 is 0 Å². The molecule has 18 heavy (non-hydrogen) atoms. The zero-order valence-electron chi connectivity index (χ0n) is 10.8. The standard InChI is InChI=1S/C12H17BrN4S/c1-8-10(5-14)12(17(3)15-8)16(2)6-9-4-11(13)18-7-9/h4,7H,5-6,14H2,1-3H3. The van der Waals surface area contributed by atoms with Crippen molar-refractivity contribution in [1.29, 1.82) is 0 Å². The number of rotatable bonds is 4. The first-order chi connectivity index (χ1) is 8.52. The van der Waals surface area contributed by atoms with E-state index >= 15 is 0 Å². The average Bonchev–Trinajstić information content (AvgIpc) is 2.82. The molecule has 0 bridgehead atoms. The van der Waals surface area contributed by atoms with Crippen molar-refractivity contribution in [1.82, 2.24) is 9.78 Å². The lowest BCUT2D eigenvalue weighted by atomic mass is 10.2. The molecule has 0 unspecified atom stereocenters. The second-order valence-corrected chi connectivity index (χ2v) is 6.62. The molecule has 0 spiro atoms. The highest BCUT2D eigenvalue weighted by atomic mass is 79.9. The van der Waals surface area contributed by atoms with Gasteiger partial charge in [-0.25, -0.2) is 0 Å². The number of nitrogens with zero attached hydrogens (tertiary/aromatic N) is 3. The van der Waals surface area contributed by atoms with Gasteiger partial charge in [0.2, 0.25) is 0 Å². The Morgan fingerprint density at radius 2 is 2.28 bits per heavy atom. The number of hydrogen-bond donors (Lipinski definition) is 1. The number of aromatic nitrogens is 2. The summed E-state index contributed by atoms with van der Waals surface area (Å²) in [6.45, 7) is 3.38. The molecule has 0 radical (unpaired) electrons. The van der Waals surface area contributed by atoms with Crippen molar-refractivity contribution in [2.45, 2.75) is 20.0 Å². The molecule has 0 saturated carbocycles. The quantitative estimate of drug-likeness (QED) is 0.938. The van der Waals surface area contributed by atoms with Gasteiger partial charge in [0, 0.05) is 32.7 Å². The summed E-state index contributed by atoms with van der Waals surface area (Å²) < 4.78 is 3.06. The number of halogens is 1. The van der Waals surface area contributed by atoms with Gasteiger partial charge < -0.3 is 10.6 Å². The normalized spacial score (nSPS) is 10.9. The number of anilines is 1. The predicted octanol–water partition coefficient (Wildman–Crippen LogP) is 2.65. The van der Waals surface area contributed by atoms with E-state index in [2.05, 4.69) is 44.4 Å². The molecular formula is C12H17BrN4S. The highest BCUT2D eigenvalue weighted by Gasteiger charge is 2.16. The Morgan fingerprint density at radius 3 is 2.83 bits per heavy atom. The first kappa shape index (κ1) is 13.6. The molecule has 2 heterocycles. The minimum absolute atomic E-state index is 0.521. The summed E-state index contributed by atoms with van der Waals surface area (Å²) in [5.41, 5.74) is 9.23. The molecule has 0 amide bonds. The summed E-state index contributed by atoms with van der Waals surface area (Å²) in [4.78, 5) is 2.19. The Kier molecular flexibility index (Phi) is 4.09. The molecule has 4 nitrogen and oxygen atoms in total. The maximum absolute atomic E-state index is 5.81. The van der Waals surface area contributed by atoms with Gasteiger partial charge in [0.15, 0.2) is 0 Å². The van der Waals surface area contributed by atoms with Crippen molar-refractivity contribution < 1.29 is 0 Å². The van der Waals surface area contributed by atoms with Crippen LogP contribution in [0.3, 0.4) is 0 Å². The van der Waals surface area contributed by atoms with Gasteiger partial charge in [0.05, 0.1) is 9.48 Å². The van der Waals surface area contributed by atoms with E-state index in [1.54, 1.807) is 11.3 Å². The zero-order chi connectivity index (χ0) is 13.3. The number of nitrogens with two attached hydrogens (primary N) is 1. The van der Waals surface area contributed by atoms with Gasteiger partial charge in [-0.3, -0.25) is 4.68 Å². The maximum Gasteiger partial charge on any atom is 0.131 e. The Balaban J connectivity index is 2.25. The monoisotopic (exact) mass is 328 g/mol. The van der Waals surface area contributed by atoms with Crippen LogP contribution in [0.4, 0.5) is 5.82 Å². The van der Waals surface area contributed by atoms with E-state index in [-0.39, 0.29) is 0 Å². The summed E-state index contributed by atoms with van der Waals surface area (Å²) in [6, 6.07) is 2.15. The van der Waals surface area contributed by atoms with Crippen molar-refractivity contribution in [2.24, 2.45) is 12.8 Å². The Labute approximate surface area is 120 Å². The topological polar surface area (TPSA) is 47.1 Å². The third-order valence-electron chi connectivity index (χ3n) is 2.92. The third-order valence-corrected chi connectivity index (χ3v) is 4.47. The van der Waals surface area contributed by atoms with Gasteiger partial charge in [0.1, 0.15) is 5.82 Å². The zero-order valence-corrected chi connectivity index (χ0v) is 13.2. The van der Waals surface area contributed by atoms with Crippen LogP contribution in [0.1, 0.15) is 16.8 Å². The van der Waals surface area contributed by atoms with Crippen LogP contribution in [0.5, 0.6) is 0 Å². The fraction of sp³-hybridized carbons (Fsp3) is 0.417. The van der Waals surface area contributed by atoms with E-state index in [9.17, 15) is 0 Å². The molecule has 2 aromatic heterocycles. The van der Waals surface area contributed by atoms with Gasteiger partial charge in [-0.1, -0.05) is 0 Å². The summed E-state index contributed by atoms with van der Waals surface area (Å²) in [7, 11) is 4.03. The summed E-state index contributed by atoms with van der Waals surface area (Å²) >= 11 is 5.19. The number of thiophene rings is 1. The molecule has 6 heteroatoms. The SMILES string of the molecule is Cc1nn(C)c(N(C)Cc2csc(Br)c2)c1CN. The third kappa shape index (κ3) is 2.60. The van der Waals surface area contributed by atoms with Crippen molar-refractivity contribution in [2.75, 3.05) is 11.9 Å². The first-order valence-electron chi connectivity index (χ1n) is 5.69. The van der Waals surface area contributed by atoms with Crippen molar-refractivity contribution in [3.05, 3.63) is 32.1 Å². The lowest BCUT2D eigenvalue weighted by Gasteiger charge is -2.20. The van der Waals surface area contributed by atoms with Crippen LogP contribution in [-0.4, -0.2) is 16.8 Å². The van der Waals surface area contributed by atoms with Gasteiger partial charge in [0.25, 0.3) is 0 Å². The van der Waals surface area contributed by atoms with Gasteiger partial charge in [-0.15, -0.1) is 11.3 Å². The van der Waals surface area contributed by atoms with E-state index < -0.39 is 0 Å². The summed E-state index contributed by atoms with van der Waals surface area (Å²) in [5, 5.41) is 6.60. The highest BCUT2D eigenvalue weighted by Crippen LogP contribution is 2.26. The Bertz CT molecular complexity index is 546. The molecule has 2 aromatic rings. The van der Waals surface area contributed by atoms with Crippen LogP contribution in [0.2, 0.25) is 0 Å². The van der Waals surface area contributed by atoms with Gasteiger partial charge in [-0.2, -0.15) is 5.10 Å². The largest absolute Gasteiger partial charge is 0.355 e. The first-order valence-corrected chi connectivity index (χ1v) is 7.36. The second kappa shape index (κ2) is 5.42. The van der Waals surface area contributed by atoms with Crippen molar-refractivity contribution in [3.63, 3.8) is 0 Å². The molecule has 0 atom stereocenters. The summed E-state index contributed by atoms with van der Waals surface area (Å²) in [5.74, 6) is 1.09. The highest BCUT2D eigenvalue weighted by molar-refractivity contribution is 9.11.